The molecule has 106 valence electrons. The van der Waals surface area contributed by atoms with Gasteiger partial charge in [0.2, 0.25) is 0 Å². The maximum atomic E-state index is 11.7. The Labute approximate surface area is 108 Å². The topological polar surface area (TPSA) is 83.8 Å². The van der Waals surface area contributed by atoms with Gasteiger partial charge in [0.25, 0.3) is 0 Å². The highest BCUT2D eigenvalue weighted by Crippen LogP contribution is 2.11. The molecule has 0 saturated carbocycles. The lowest BCUT2D eigenvalue weighted by Gasteiger charge is -2.29. The average molecular weight is 262 g/mol. The lowest BCUT2D eigenvalue weighted by atomic mass is 10.1. The first-order chi connectivity index (χ1) is 8.03. The fraction of sp³-hybridized carbons (Fsp3) is 0.833. The highest BCUT2D eigenvalue weighted by molar-refractivity contribution is 5.73. The van der Waals surface area contributed by atoms with Crippen molar-refractivity contribution in [3.05, 3.63) is 0 Å². The van der Waals surface area contributed by atoms with Gasteiger partial charge in [-0.15, -0.1) is 0 Å². The van der Waals surface area contributed by atoms with Crippen LogP contribution in [-0.4, -0.2) is 66.5 Å². The quantitative estimate of drug-likeness (QED) is 0.502. The third-order valence-corrected chi connectivity index (χ3v) is 2.53. The van der Waals surface area contributed by atoms with Gasteiger partial charge in [-0.25, -0.2) is 0 Å². The van der Waals surface area contributed by atoms with Gasteiger partial charge in [-0.1, -0.05) is 0 Å². The number of hydrogen-bond donors (Lipinski definition) is 2. The average Bonchev–Trinajstić information content (AvgIpc) is 2.11. The van der Waals surface area contributed by atoms with E-state index < -0.39 is 30.1 Å². The Morgan fingerprint density at radius 1 is 1.22 bits per heavy atom. The molecule has 0 aromatic rings. The zero-order valence-corrected chi connectivity index (χ0v) is 11.7. The van der Waals surface area contributed by atoms with Crippen LogP contribution in [0, 0.1) is 5.92 Å². The fourth-order valence-corrected chi connectivity index (χ4v) is 1.42. The van der Waals surface area contributed by atoms with Gasteiger partial charge in [0, 0.05) is 0 Å². The second-order valence-corrected chi connectivity index (χ2v) is 5.66. The minimum absolute atomic E-state index is 0.228. The zero-order chi connectivity index (χ0) is 14.5. The monoisotopic (exact) mass is 262 g/mol. The summed E-state index contributed by atoms with van der Waals surface area (Å²) in [5, 5.41) is 18.1. The Hall–Kier alpha value is -1.14. The Balaban J connectivity index is 4.59. The van der Waals surface area contributed by atoms with Crippen LogP contribution in [0.2, 0.25) is 0 Å². The highest BCUT2D eigenvalue weighted by Gasteiger charge is 2.28. The summed E-state index contributed by atoms with van der Waals surface area (Å²) in [7, 11) is 5.67. The maximum absolute atomic E-state index is 11.7. The van der Waals surface area contributed by atoms with Gasteiger partial charge in [-0.05, 0) is 13.8 Å². The van der Waals surface area contributed by atoms with Crippen LogP contribution in [0.3, 0.4) is 0 Å². The molecule has 0 bridgehead atoms. The van der Waals surface area contributed by atoms with Crippen LogP contribution in [0.1, 0.15) is 20.3 Å². The lowest BCUT2D eigenvalue weighted by molar-refractivity contribution is -0.873. The van der Waals surface area contributed by atoms with Gasteiger partial charge in [0.05, 0.1) is 39.6 Å². The summed E-state index contributed by atoms with van der Waals surface area (Å²) in [4.78, 5) is 22.4. The van der Waals surface area contributed by atoms with Crippen molar-refractivity contribution in [2.45, 2.75) is 32.5 Å². The number of carboxylic acid groups (broad SMARTS) is 1. The van der Waals surface area contributed by atoms with E-state index >= 15 is 0 Å². The Bertz CT molecular complexity index is 295. The first-order valence-electron chi connectivity index (χ1n) is 5.93. The fourth-order valence-electron chi connectivity index (χ4n) is 1.42. The van der Waals surface area contributed by atoms with Crippen LogP contribution in [0.5, 0.6) is 0 Å². The predicted octanol–water partition coefficient (Wildman–Crippen LogP) is 0.0960. The normalized spacial score (nSPS) is 16.8. The van der Waals surface area contributed by atoms with Crippen LogP contribution in [0.15, 0.2) is 0 Å². The molecule has 3 unspecified atom stereocenters. The molecular weight excluding hydrogens is 238 g/mol. The number of aliphatic hydroxyl groups excluding tert-OH is 1. The molecule has 0 rings (SSSR count). The summed E-state index contributed by atoms with van der Waals surface area (Å²) in [5.41, 5.74) is 0. The highest BCUT2D eigenvalue weighted by atomic mass is 16.5. The largest absolute Gasteiger partial charge is 0.481 e. The van der Waals surface area contributed by atoms with Crippen LogP contribution in [0.4, 0.5) is 0 Å². The molecule has 6 heteroatoms. The summed E-state index contributed by atoms with van der Waals surface area (Å²) in [6, 6.07) is 0. The number of rotatable bonds is 7. The van der Waals surface area contributed by atoms with Crippen molar-refractivity contribution >= 4 is 11.9 Å². The van der Waals surface area contributed by atoms with Crippen molar-refractivity contribution in [3.8, 4) is 0 Å². The molecule has 0 aromatic carbocycles. The molecule has 0 radical (unpaired) electrons. The third-order valence-electron chi connectivity index (χ3n) is 2.53. The Kier molecular flexibility index (Phi) is 6.28. The maximum Gasteiger partial charge on any atom is 0.311 e. The second kappa shape index (κ2) is 6.70. The number of aliphatic hydroxyl groups is 1. The molecule has 3 atom stereocenters. The molecule has 0 saturated heterocycles. The van der Waals surface area contributed by atoms with Crippen LogP contribution >= 0.6 is 0 Å². The number of ether oxygens (including phenoxy) is 1. The Morgan fingerprint density at radius 3 is 2.06 bits per heavy atom. The van der Waals surface area contributed by atoms with E-state index in [0.29, 0.717) is 11.0 Å². The van der Waals surface area contributed by atoms with E-state index in [1.807, 2.05) is 21.1 Å². The molecule has 0 aliphatic carbocycles. The minimum Gasteiger partial charge on any atom is -0.481 e. The summed E-state index contributed by atoms with van der Waals surface area (Å²) >= 11 is 0. The van der Waals surface area contributed by atoms with E-state index in [9.17, 15) is 14.7 Å². The van der Waals surface area contributed by atoms with Crippen molar-refractivity contribution in [2.75, 3.05) is 27.7 Å². The van der Waals surface area contributed by atoms with Gasteiger partial charge in [-0.2, -0.15) is 0 Å². The van der Waals surface area contributed by atoms with Gasteiger partial charge in [0.1, 0.15) is 6.54 Å². The smallest absolute Gasteiger partial charge is 0.311 e. The SMILES string of the molecule is CC(O)C(C)C(=O)OC(CC(=O)O)C[N+](C)(C)C. The summed E-state index contributed by atoms with van der Waals surface area (Å²) in [6.45, 7) is 3.46. The molecule has 0 amide bonds. The van der Waals surface area contributed by atoms with Gasteiger partial charge >= 0.3 is 11.9 Å². The number of nitrogens with zero attached hydrogens (tertiary/aromatic N) is 1. The van der Waals surface area contributed by atoms with E-state index in [0.717, 1.165) is 0 Å². The molecule has 0 aliphatic heterocycles. The van der Waals surface area contributed by atoms with E-state index in [2.05, 4.69) is 0 Å². The van der Waals surface area contributed by atoms with Gasteiger partial charge in [0.15, 0.2) is 6.10 Å². The molecule has 0 spiro atoms. The number of quaternary nitrogens is 1. The van der Waals surface area contributed by atoms with Crippen molar-refractivity contribution in [3.63, 3.8) is 0 Å². The molecule has 18 heavy (non-hydrogen) atoms. The number of carboxylic acids is 1. The number of likely N-dealkylation sites (N-methyl/N-ethyl adjacent to an activating group) is 1. The number of esters is 1. The Morgan fingerprint density at radius 2 is 1.72 bits per heavy atom. The summed E-state index contributed by atoms with van der Waals surface area (Å²) in [6.07, 6.45) is -1.73. The number of hydrogen-bond acceptors (Lipinski definition) is 4. The first-order valence-corrected chi connectivity index (χ1v) is 5.93. The molecule has 2 N–H and O–H groups in total. The van der Waals surface area contributed by atoms with Gasteiger partial charge < -0.3 is 19.4 Å². The third kappa shape index (κ3) is 7.24. The van der Waals surface area contributed by atoms with Crippen molar-refractivity contribution in [2.24, 2.45) is 5.92 Å². The molecule has 0 heterocycles. The predicted molar refractivity (Wildman–Crippen MR) is 65.9 cm³/mol. The number of aliphatic carboxylic acids is 1. The molecule has 6 nitrogen and oxygen atoms in total. The zero-order valence-electron chi connectivity index (χ0n) is 11.7. The summed E-state index contributed by atoms with van der Waals surface area (Å²) in [5.74, 6) is -2.23. The van der Waals surface area contributed by atoms with Crippen LogP contribution in [0.25, 0.3) is 0 Å². The minimum atomic E-state index is -1.01. The van der Waals surface area contributed by atoms with Crippen molar-refractivity contribution < 1.29 is 29.0 Å². The van der Waals surface area contributed by atoms with E-state index in [1.165, 1.54) is 6.92 Å². The van der Waals surface area contributed by atoms with E-state index in [4.69, 9.17) is 9.84 Å². The molecule has 0 fully saturated rings. The molecule has 0 aromatic heterocycles. The van der Waals surface area contributed by atoms with E-state index in [-0.39, 0.29) is 6.42 Å². The molecular formula is C12H24NO5+. The lowest BCUT2D eigenvalue weighted by Crippen LogP contribution is -2.44. The number of carbonyl (C=O) groups excluding carboxylic acids is 1. The van der Waals surface area contributed by atoms with Crippen LogP contribution in [-0.2, 0) is 14.3 Å². The van der Waals surface area contributed by atoms with Crippen LogP contribution < -0.4 is 0 Å². The summed E-state index contributed by atoms with van der Waals surface area (Å²) < 4.78 is 5.66. The first kappa shape index (κ1) is 16.9. The van der Waals surface area contributed by atoms with Crippen molar-refractivity contribution in [1.82, 2.24) is 0 Å². The van der Waals surface area contributed by atoms with Crippen molar-refractivity contribution in [1.29, 1.82) is 0 Å². The molecule has 0 aliphatic rings. The second-order valence-electron chi connectivity index (χ2n) is 5.66. The standard InChI is InChI=1S/C12H23NO5/c1-8(9(2)14)12(17)18-10(6-11(15)16)7-13(3,4)5/h8-10,14H,6-7H2,1-5H3/p+1. The van der Waals surface area contributed by atoms with Gasteiger partial charge in [-0.3, -0.25) is 9.59 Å². The van der Waals surface area contributed by atoms with E-state index in [1.54, 1.807) is 6.92 Å². The number of carbonyl (C=O) groups is 2.